The van der Waals surface area contributed by atoms with Crippen molar-refractivity contribution in [3.63, 3.8) is 0 Å². The van der Waals surface area contributed by atoms with Crippen molar-refractivity contribution in [1.29, 1.82) is 0 Å². The van der Waals surface area contributed by atoms with E-state index in [0.29, 0.717) is 30.5 Å². The average Bonchev–Trinajstić information content (AvgIpc) is 2.33. The van der Waals surface area contributed by atoms with Crippen LogP contribution in [0.25, 0.3) is 0 Å². The molecule has 4 heteroatoms. The van der Waals surface area contributed by atoms with E-state index in [1.165, 1.54) is 0 Å². The molecule has 0 aliphatic rings. The summed E-state index contributed by atoms with van der Waals surface area (Å²) in [5.41, 5.74) is 0. The fraction of sp³-hybridized carbons (Fsp3) is 0.308. The number of ether oxygens (including phenoxy) is 3. The molecule has 17 heavy (non-hydrogen) atoms. The van der Waals surface area contributed by atoms with Gasteiger partial charge in [-0.15, -0.1) is 0 Å². The summed E-state index contributed by atoms with van der Waals surface area (Å²) in [7, 11) is 0. The third kappa shape index (κ3) is 3.83. The van der Waals surface area contributed by atoms with Crippen LogP contribution in [0.5, 0.6) is 17.2 Å². The molecule has 0 aliphatic heterocycles. The molecule has 0 radical (unpaired) electrons. The second-order valence-electron chi connectivity index (χ2n) is 3.10. The SMILES string of the molecule is C=CC(=O)Oc1cc(OCC)ccc1OCC. The molecule has 92 valence electrons. The van der Waals surface area contributed by atoms with Gasteiger partial charge in [0.1, 0.15) is 5.75 Å². The van der Waals surface area contributed by atoms with Crippen LogP contribution in [-0.4, -0.2) is 19.2 Å². The average molecular weight is 236 g/mol. The highest BCUT2D eigenvalue weighted by Crippen LogP contribution is 2.31. The summed E-state index contributed by atoms with van der Waals surface area (Å²) in [6, 6.07) is 5.09. The van der Waals surface area contributed by atoms with Crippen LogP contribution in [0.4, 0.5) is 0 Å². The predicted molar refractivity (Wildman–Crippen MR) is 64.6 cm³/mol. The second-order valence-corrected chi connectivity index (χ2v) is 3.10. The van der Waals surface area contributed by atoms with Gasteiger partial charge in [0.15, 0.2) is 11.5 Å². The summed E-state index contributed by atoms with van der Waals surface area (Å²) in [6.07, 6.45) is 1.10. The molecule has 0 fully saturated rings. The number of benzene rings is 1. The highest BCUT2D eigenvalue weighted by molar-refractivity contribution is 5.83. The predicted octanol–water partition coefficient (Wildman–Crippen LogP) is 2.58. The van der Waals surface area contributed by atoms with E-state index >= 15 is 0 Å². The van der Waals surface area contributed by atoms with Gasteiger partial charge in [-0.25, -0.2) is 4.79 Å². The van der Waals surface area contributed by atoms with E-state index < -0.39 is 5.97 Å². The molecule has 0 saturated carbocycles. The molecule has 1 rings (SSSR count). The third-order valence-corrected chi connectivity index (χ3v) is 1.90. The first-order valence-corrected chi connectivity index (χ1v) is 5.45. The normalized spacial score (nSPS) is 9.53. The monoisotopic (exact) mass is 236 g/mol. The Labute approximate surface area is 101 Å². The number of hydrogen-bond acceptors (Lipinski definition) is 4. The summed E-state index contributed by atoms with van der Waals surface area (Å²) in [4.78, 5) is 11.2. The number of esters is 1. The largest absolute Gasteiger partial charge is 0.494 e. The van der Waals surface area contributed by atoms with Crippen LogP contribution < -0.4 is 14.2 Å². The van der Waals surface area contributed by atoms with Gasteiger partial charge < -0.3 is 14.2 Å². The first-order chi connectivity index (χ1) is 8.21. The van der Waals surface area contributed by atoms with Gasteiger partial charge in [-0.05, 0) is 26.0 Å². The molecular formula is C13H16O4. The maximum atomic E-state index is 11.2. The van der Waals surface area contributed by atoms with Crippen LogP contribution in [0.1, 0.15) is 13.8 Å². The maximum Gasteiger partial charge on any atom is 0.335 e. The Hall–Kier alpha value is -1.97. The molecule has 0 heterocycles. The van der Waals surface area contributed by atoms with Crippen LogP contribution in [-0.2, 0) is 4.79 Å². The van der Waals surface area contributed by atoms with Crippen LogP contribution in [0.15, 0.2) is 30.9 Å². The lowest BCUT2D eigenvalue weighted by atomic mass is 10.3. The number of hydrogen-bond donors (Lipinski definition) is 0. The Balaban J connectivity index is 2.97. The van der Waals surface area contributed by atoms with E-state index in [0.717, 1.165) is 6.08 Å². The highest BCUT2D eigenvalue weighted by atomic mass is 16.6. The van der Waals surface area contributed by atoms with Gasteiger partial charge in [-0.1, -0.05) is 6.58 Å². The smallest absolute Gasteiger partial charge is 0.335 e. The molecule has 4 nitrogen and oxygen atoms in total. The van der Waals surface area contributed by atoms with Gasteiger partial charge in [-0.2, -0.15) is 0 Å². The fourth-order valence-electron chi connectivity index (χ4n) is 1.25. The number of carbonyl (C=O) groups excluding carboxylic acids is 1. The molecule has 0 bridgehead atoms. The standard InChI is InChI=1S/C13H16O4/c1-4-13(14)17-12-9-10(15-5-2)7-8-11(12)16-6-3/h4,7-9H,1,5-6H2,2-3H3. The van der Waals surface area contributed by atoms with Crippen molar-refractivity contribution < 1.29 is 19.0 Å². The van der Waals surface area contributed by atoms with Crippen molar-refractivity contribution in [2.75, 3.05) is 13.2 Å². The van der Waals surface area contributed by atoms with Crippen molar-refractivity contribution in [3.8, 4) is 17.2 Å². The topological polar surface area (TPSA) is 44.8 Å². The second kappa shape index (κ2) is 6.58. The fourth-order valence-corrected chi connectivity index (χ4v) is 1.25. The van der Waals surface area contributed by atoms with Gasteiger partial charge in [0, 0.05) is 12.1 Å². The van der Waals surface area contributed by atoms with E-state index in [2.05, 4.69) is 6.58 Å². The molecule has 0 aromatic heterocycles. The Morgan fingerprint density at radius 1 is 1.24 bits per heavy atom. The van der Waals surface area contributed by atoms with Gasteiger partial charge in [0.25, 0.3) is 0 Å². The Bertz CT molecular complexity index is 398. The van der Waals surface area contributed by atoms with Crippen LogP contribution in [0.2, 0.25) is 0 Å². The molecule has 0 N–H and O–H groups in total. The van der Waals surface area contributed by atoms with E-state index in [1.807, 2.05) is 13.8 Å². The molecule has 0 saturated heterocycles. The highest BCUT2D eigenvalue weighted by Gasteiger charge is 2.09. The molecular weight excluding hydrogens is 220 g/mol. The lowest BCUT2D eigenvalue weighted by molar-refractivity contribution is -0.129. The quantitative estimate of drug-likeness (QED) is 0.432. The van der Waals surface area contributed by atoms with Crippen LogP contribution >= 0.6 is 0 Å². The van der Waals surface area contributed by atoms with E-state index in [9.17, 15) is 4.79 Å². The molecule has 0 aliphatic carbocycles. The molecule has 0 spiro atoms. The zero-order chi connectivity index (χ0) is 12.7. The van der Waals surface area contributed by atoms with Gasteiger partial charge >= 0.3 is 5.97 Å². The summed E-state index contributed by atoms with van der Waals surface area (Å²) < 4.78 is 15.7. The number of carbonyl (C=O) groups is 1. The van der Waals surface area contributed by atoms with E-state index in [4.69, 9.17) is 14.2 Å². The van der Waals surface area contributed by atoms with Gasteiger partial charge in [0.2, 0.25) is 0 Å². The molecule has 0 amide bonds. The van der Waals surface area contributed by atoms with Crippen LogP contribution in [0.3, 0.4) is 0 Å². The van der Waals surface area contributed by atoms with Gasteiger partial charge in [0.05, 0.1) is 13.2 Å². The molecule has 1 aromatic carbocycles. The van der Waals surface area contributed by atoms with Crippen LogP contribution in [0, 0.1) is 0 Å². The van der Waals surface area contributed by atoms with Crippen molar-refractivity contribution in [1.82, 2.24) is 0 Å². The molecule has 0 atom stereocenters. The number of rotatable bonds is 6. The van der Waals surface area contributed by atoms with Crippen molar-refractivity contribution in [2.24, 2.45) is 0 Å². The Morgan fingerprint density at radius 3 is 2.53 bits per heavy atom. The summed E-state index contributed by atoms with van der Waals surface area (Å²) in [5, 5.41) is 0. The minimum atomic E-state index is -0.528. The first-order valence-electron chi connectivity index (χ1n) is 5.45. The van der Waals surface area contributed by atoms with E-state index in [-0.39, 0.29) is 0 Å². The van der Waals surface area contributed by atoms with Crippen molar-refractivity contribution >= 4 is 5.97 Å². The minimum Gasteiger partial charge on any atom is -0.494 e. The minimum absolute atomic E-state index is 0.336. The Kier molecular flexibility index (Phi) is 5.07. The first kappa shape index (κ1) is 13.1. The third-order valence-electron chi connectivity index (χ3n) is 1.90. The van der Waals surface area contributed by atoms with Crippen molar-refractivity contribution in [3.05, 3.63) is 30.9 Å². The zero-order valence-electron chi connectivity index (χ0n) is 10.1. The van der Waals surface area contributed by atoms with E-state index in [1.54, 1.807) is 18.2 Å². The molecule has 0 unspecified atom stereocenters. The van der Waals surface area contributed by atoms with Crippen molar-refractivity contribution in [2.45, 2.75) is 13.8 Å². The maximum absolute atomic E-state index is 11.2. The zero-order valence-corrected chi connectivity index (χ0v) is 10.1. The summed E-state index contributed by atoms with van der Waals surface area (Å²) in [5.74, 6) is 0.941. The lowest BCUT2D eigenvalue weighted by Gasteiger charge is -2.11. The summed E-state index contributed by atoms with van der Waals surface area (Å²) >= 11 is 0. The molecule has 1 aromatic rings. The summed E-state index contributed by atoms with van der Waals surface area (Å²) in [6.45, 7) is 8.12. The van der Waals surface area contributed by atoms with Gasteiger partial charge in [-0.3, -0.25) is 0 Å². The Morgan fingerprint density at radius 2 is 1.94 bits per heavy atom. The lowest BCUT2D eigenvalue weighted by Crippen LogP contribution is -2.05.